The van der Waals surface area contributed by atoms with Gasteiger partial charge < -0.3 is 8.85 Å². The molecule has 3 aromatic carbocycles. The summed E-state index contributed by atoms with van der Waals surface area (Å²) in [5.41, 5.74) is 0. The third kappa shape index (κ3) is 3.72. The normalized spacial score (nSPS) is 12.4. The predicted octanol–water partition coefficient (Wildman–Crippen LogP) is 3.56. The van der Waals surface area contributed by atoms with Crippen molar-refractivity contribution < 1.29 is 8.85 Å². The van der Waals surface area contributed by atoms with Crippen LogP contribution in [0.15, 0.2) is 89.8 Å². The van der Waals surface area contributed by atoms with Gasteiger partial charge in [0.1, 0.15) is 11.5 Å². The molecule has 0 amide bonds. The smallest absolute Gasteiger partial charge is 0.479 e. The zero-order chi connectivity index (χ0) is 15.2. The summed E-state index contributed by atoms with van der Waals surface area (Å²) < 4.78 is 11.6. The van der Waals surface area contributed by atoms with Crippen LogP contribution >= 0.6 is 12.6 Å². The van der Waals surface area contributed by atoms with Gasteiger partial charge in [0.25, 0.3) is 0 Å². The highest BCUT2D eigenvalue weighted by molar-refractivity contribution is 7.80. The molecule has 2 nitrogen and oxygen atoms in total. The fourth-order valence-corrected chi connectivity index (χ4v) is 3.95. The first-order valence-electron chi connectivity index (χ1n) is 7.04. The number of hydrogen-bond acceptors (Lipinski definition) is 3. The second-order valence-corrected chi connectivity index (χ2v) is 7.08. The Morgan fingerprint density at radius 2 is 1.05 bits per heavy atom. The van der Waals surface area contributed by atoms with Crippen LogP contribution in [0.25, 0.3) is 0 Å². The first-order valence-corrected chi connectivity index (χ1v) is 9.01. The maximum absolute atomic E-state index is 5.81. The maximum atomic E-state index is 5.81. The number of rotatable bonds is 1. The highest BCUT2D eigenvalue weighted by atomic mass is 32.1. The van der Waals surface area contributed by atoms with Crippen molar-refractivity contribution in [1.29, 1.82) is 0 Å². The Labute approximate surface area is 137 Å². The molecule has 0 aromatic heterocycles. The van der Waals surface area contributed by atoms with Crippen molar-refractivity contribution in [3.63, 3.8) is 0 Å². The summed E-state index contributed by atoms with van der Waals surface area (Å²) in [6.45, 7) is 0. The van der Waals surface area contributed by atoms with Gasteiger partial charge in [-0.3, -0.25) is 0 Å². The monoisotopic (exact) mass is 324 g/mol. The summed E-state index contributed by atoms with van der Waals surface area (Å²) in [5.74, 6) is 1.75. The Kier molecular flexibility index (Phi) is 4.83. The van der Waals surface area contributed by atoms with E-state index >= 15 is 0 Å². The minimum absolute atomic E-state index is 0.873. The lowest BCUT2D eigenvalue weighted by molar-refractivity contribution is 0.519. The zero-order valence-electron chi connectivity index (χ0n) is 11.9. The molecule has 3 aromatic rings. The Morgan fingerprint density at radius 1 is 0.591 bits per heavy atom. The topological polar surface area (TPSA) is 18.5 Å². The van der Waals surface area contributed by atoms with Gasteiger partial charge in [-0.05, 0) is 24.3 Å². The Balaban J connectivity index is 0.000000174. The van der Waals surface area contributed by atoms with Crippen molar-refractivity contribution in [1.82, 2.24) is 0 Å². The van der Waals surface area contributed by atoms with Crippen molar-refractivity contribution in [3.05, 3.63) is 84.9 Å². The van der Waals surface area contributed by atoms with Crippen LogP contribution in [-0.2, 0) is 0 Å². The lowest BCUT2D eigenvalue weighted by Gasteiger charge is -2.06. The summed E-state index contributed by atoms with van der Waals surface area (Å²) in [5, 5.41) is 1.17. The molecule has 1 aliphatic heterocycles. The van der Waals surface area contributed by atoms with E-state index in [2.05, 4.69) is 24.8 Å². The first-order chi connectivity index (χ1) is 10.8. The average Bonchev–Trinajstić information content (AvgIpc) is 3.01. The van der Waals surface area contributed by atoms with Crippen molar-refractivity contribution in [2.75, 3.05) is 0 Å². The van der Waals surface area contributed by atoms with Gasteiger partial charge in [-0.15, -0.1) is 12.6 Å². The molecule has 0 unspecified atom stereocenters. The highest BCUT2D eigenvalue weighted by Gasteiger charge is 2.28. The molecule has 0 N–H and O–H groups in total. The Bertz CT molecular complexity index is 694. The van der Waals surface area contributed by atoms with Gasteiger partial charge in [0.15, 0.2) is 0 Å². The third-order valence-corrected chi connectivity index (χ3v) is 5.31. The van der Waals surface area contributed by atoms with E-state index in [-0.39, 0.29) is 0 Å². The van der Waals surface area contributed by atoms with Crippen LogP contribution < -0.4 is 14.0 Å². The van der Waals surface area contributed by atoms with Gasteiger partial charge in [-0.2, -0.15) is 0 Å². The van der Waals surface area contributed by atoms with Gasteiger partial charge in [-0.25, -0.2) is 0 Å². The van der Waals surface area contributed by atoms with E-state index in [0.29, 0.717) is 0 Å². The lowest BCUT2D eigenvalue weighted by Crippen LogP contribution is -2.38. The quantitative estimate of drug-likeness (QED) is 0.545. The molecule has 0 bridgehead atoms. The van der Waals surface area contributed by atoms with Crippen LogP contribution in [0.2, 0.25) is 0 Å². The maximum Gasteiger partial charge on any atom is 0.479 e. The number of para-hydroxylation sites is 2. The molecule has 110 valence electrons. The highest BCUT2D eigenvalue weighted by Crippen LogP contribution is 2.32. The standard InChI is InChI=1S/C12H10O2Si.C6H6S/c1-2-6-10(7-3-1)15-13-11-8-4-5-9-12(11)14-15;7-6-4-2-1-3-5-6/h1-9,15H;1-5,7H. The molecule has 4 heteroatoms. The van der Waals surface area contributed by atoms with Gasteiger partial charge in [0.2, 0.25) is 0 Å². The van der Waals surface area contributed by atoms with E-state index in [1.165, 1.54) is 5.19 Å². The largest absolute Gasteiger partial charge is 0.508 e. The van der Waals surface area contributed by atoms with Crippen LogP contribution in [0, 0.1) is 0 Å². The molecule has 0 spiro atoms. The van der Waals surface area contributed by atoms with Crippen LogP contribution in [-0.4, -0.2) is 9.28 Å². The van der Waals surface area contributed by atoms with Crippen molar-refractivity contribution in [2.24, 2.45) is 0 Å². The van der Waals surface area contributed by atoms with Crippen molar-refractivity contribution >= 4 is 27.1 Å². The van der Waals surface area contributed by atoms with Crippen LogP contribution in [0.4, 0.5) is 0 Å². The summed E-state index contributed by atoms with van der Waals surface area (Å²) in [4.78, 5) is 1.02. The van der Waals surface area contributed by atoms with Crippen LogP contribution in [0.3, 0.4) is 0 Å². The van der Waals surface area contributed by atoms with Crippen LogP contribution in [0.1, 0.15) is 0 Å². The van der Waals surface area contributed by atoms with E-state index in [9.17, 15) is 0 Å². The molecule has 0 atom stereocenters. The van der Waals surface area contributed by atoms with Gasteiger partial charge >= 0.3 is 9.28 Å². The average molecular weight is 324 g/mol. The summed E-state index contributed by atoms with van der Waals surface area (Å²) in [6.07, 6.45) is 0. The SMILES string of the molecule is Sc1ccccc1.c1ccc([SiH]2Oc3ccccc3O2)cc1. The molecule has 0 aliphatic carbocycles. The minimum atomic E-state index is -1.73. The second-order valence-electron chi connectivity index (χ2n) is 4.76. The number of benzene rings is 3. The zero-order valence-corrected chi connectivity index (χ0v) is 14.0. The molecular formula is C18H16O2SSi. The Hall–Kier alpha value is -2.17. The summed E-state index contributed by atoms with van der Waals surface area (Å²) >= 11 is 4.08. The van der Waals surface area contributed by atoms with Crippen molar-refractivity contribution in [2.45, 2.75) is 4.90 Å². The first kappa shape index (κ1) is 14.8. The third-order valence-electron chi connectivity index (χ3n) is 3.15. The van der Waals surface area contributed by atoms with Gasteiger partial charge in [0, 0.05) is 10.1 Å². The fourth-order valence-electron chi connectivity index (χ4n) is 2.07. The molecule has 1 heterocycles. The molecule has 4 rings (SSSR count). The molecule has 0 radical (unpaired) electrons. The van der Waals surface area contributed by atoms with Crippen molar-refractivity contribution in [3.8, 4) is 11.5 Å². The van der Waals surface area contributed by atoms with E-state index in [1.807, 2.05) is 72.8 Å². The molecule has 22 heavy (non-hydrogen) atoms. The van der Waals surface area contributed by atoms with Gasteiger partial charge in [-0.1, -0.05) is 60.7 Å². The molecular weight excluding hydrogens is 308 g/mol. The molecule has 0 saturated heterocycles. The van der Waals surface area contributed by atoms with E-state index < -0.39 is 9.28 Å². The number of hydrogen-bond donors (Lipinski definition) is 1. The second kappa shape index (κ2) is 7.20. The van der Waals surface area contributed by atoms with Crippen LogP contribution in [0.5, 0.6) is 11.5 Å². The fraction of sp³-hybridized carbons (Fsp3) is 0. The summed E-state index contributed by atoms with van der Waals surface area (Å²) in [7, 11) is -1.73. The van der Waals surface area contributed by atoms with Gasteiger partial charge in [0.05, 0.1) is 0 Å². The summed E-state index contributed by atoms with van der Waals surface area (Å²) in [6, 6.07) is 27.8. The predicted molar refractivity (Wildman–Crippen MR) is 94.6 cm³/mol. The Morgan fingerprint density at radius 3 is 1.50 bits per heavy atom. The lowest BCUT2D eigenvalue weighted by atomic mass is 10.3. The van der Waals surface area contributed by atoms with E-state index in [1.54, 1.807) is 0 Å². The van der Waals surface area contributed by atoms with E-state index in [0.717, 1.165) is 16.4 Å². The van der Waals surface area contributed by atoms with E-state index in [4.69, 9.17) is 8.85 Å². The molecule has 1 aliphatic rings. The minimum Gasteiger partial charge on any atom is -0.508 e. The molecule has 0 fully saturated rings. The number of thiol groups is 1. The molecule has 0 saturated carbocycles. The number of fused-ring (bicyclic) bond motifs is 1.